The van der Waals surface area contributed by atoms with Gasteiger partial charge in [0.1, 0.15) is 0 Å². The topological polar surface area (TPSA) is 54.4 Å². The van der Waals surface area contributed by atoms with E-state index in [2.05, 4.69) is 17.3 Å². The number of rotatable bonds is 0. The van der Waals surface area contributed by atoms with Gasteiger partial charge in [-0.15, -0.1) is 0 Å². The summed E-state index contributed by atoms with van der Waals surface area (Å²) in [4.78, 5) is 0. The van der Waals surface area contributed by atoms with Crippen LogP contribution in [-0.4, -0.2) is 30.2 Å². The molecule has 0 amide bonds. The summed E-state index contributed by atoms with van der Waals surface area (Å²) in [7, 11) is 0. The Labute approximate surface area is 87.6 Å². The number of halogens is 1. The van der Waals surface area contributed by atoms with Crippen LogP contribution in [0.2, 0.25) is 0 Å². The molecule has 7 heavy (non-hydrogen) atoms. The van der Waals surface area contributed by atoms with Crippen molar-refractivity contribution in [2.45, 2.75) is 0 Å². The molecule has 0 atom stereocenters. The third-order valence-electron chi connectivity index (χ3n) is 0. The second-order valence-electron chi connectivity index (χ2n) is 0.238. The van der Waals surface area contributed by atoms with E-state index in [0.717, 1.165) is 0 Å². The van der Waals surface area contributed by atoms with Crippen molar-refractivity contribution in [1.29, 1.82) is 0 Å². The van der Waals surface area contributed by atoms with Crippen LogP contribution < -0.4 is 0 Å². The van der Waals surface area contributed by atoms with E-state index in [-0.39, 0.29) is 26.2 Å². The number of hydrogen-bond donors (Lipinski definition) is 1. The van der Waals surface area contributed by atoms with E-state index in [0.29, 0.717) is 0 Å². The maximum absolute atomic E-state index is 8.67. The van der Waals surface area contributed by atoms with Crippen molar-refractivity contribution in [3.8, 4) is 0 Å². The fourth-order valence-electron chi connectivity index (χ4n) is 0. The summed E-state index contributed by atoms with van der Waals surface area (Å²) in [5, 5.41) is 0. The van der Waals surface area contributed by atoms with E-state index in [1.54, 1.807) is 0 Å². The van der Waals surface area contributed by atoms with Gasteiger partial charge in [-0.05, 0) is 0 Å². The van der Waals surface area contributed by atoms with Gasteiger partial charge in [0.25, 0.3) is 0 Å². The van der Waals surface area contributed by atoms with Gasteiger partial charge in [-0.3, -0.25) is 0 Å². The van der Waals surface area contributed by atoms with Crippen molar-refractivity contribution in [2.24, 2.45) is 0 Å². The molecule has 0 aliphatic carbocycles. The van der Waals surface area contributed by atoms with Crippen molar-refractivity contribution in [3.05, 3.63) is 0 Å². The average molecular weight is 547 g/mol. The van der Waals surface area contributed by atoms with Crippen molar-refractivity contribution in [1.82, 2.24) is 0 Å². The molecule has 1 N–H and O–H groups in total. The van der Waals surface area contributed by atoms with Gasteiger partial charge in [-0.1, -0.05) is 0 Å². The van der Waals surface area contributed by atoms with Crippen LogP contribution in [0.3, 0.4) is 0 Å². The SMILES string of the molecule is [Ag][I].[BiH3].[O]=[V](=[O])[OH]. The molecule has 0 rings (SSSR count). The summed E-state index contributed by atoms with van der Waals surface area (Å²) in [6.45, 7) is 0. The fourth-order valence-corrected chi connectivity index (χ4v) is 0. The van der Waals surface area contributed by atoms with Crippen LogP contribution in [-0.2, 0) is 40.0 Å². The zero-order valence-corrected chi connectivity index (χ0v) is 13.6. The van der Waals surface area contributed by atoms with Crippen LogP contribution in [0.5, 0.6) is 0 Å². The molecule has 0 spiro atoms. The zero-order valence-electron chi connectivity index (χ0n) is 3.10. The first-order valence-corrected chi connectivity index (χ1v) is 6.85. The monoisotopic (exact) mass is 546 g/mol. The molecular formula is H4AgBiIO3V. The molecule has 0 unspecified atom stereocenters. The first kappa shape index (κ1) is 16.2. The van der Waals surface area contributed by atoms with Crippen LogP contribution in [0, 0.1) is 0 Å². The second kappa shape index (κ2) is 15.8. The Morgan fingerprint density at radius 3 is 1.43 bits per heavy atom. The van der Waals surface area contributed by atoms with Crippen molar-refractivity contribution >= 4 is 45.2 Å². The molecule has 0 radical (unpaired) electrons. The van der Waals surface area contributed by atoms with Crippen LogP contribution in [0.25, 0.3) is 0 Å². The number of hydrogen-bond acceptors (Lipinski definition) is 2. The third kappa shape index (κ3) is 57.5. The molecule has 0 bridgehead atoms. The Balaban J connectivity index is -0.0000000480. The van der Waals surface area contributed by atoms with E-state index in [1.807, 2.05) is 19.0 Å². The molecule has 0 aromatic carbocycles. The first-order chi connectivity index (χ1) is 2.73. The normalized spacial score (nSPS) is 4.57. The Morgan fingerprint density at radius 2 is 1.43 bits per heavy atom. The van der Waals surface area contributed by atoms with Crippen LogP contribution >= 0.6 is 19.0 Å². The van der Waals surface area contributed by atoms with Crippen molar-refractivity contribution < 1.29 is 44.0 Å². The predicted molar refractivity (Wildman–Crippen MR) is 27.6 cm³/mol. The van der Waals surface area contributed by atoms with Gasteiger partial charge in [0.2, 0.25) is 0 Å². The summed E-state index contributed by atoms with van der Waals surface area (Å²) in [6.07, 6.45) is 0. The minimum absolute atomic E-state index is 0. The van der Waals surface area contributed by atoms with Gasteiger partial charge in [0.05, 0.1) is 0 Å². The molecule has 50 valence electrons. The summed E-state index contributed by atoms with van der Waals surface area (Å²) in [5.41, 5.74) is 0. The molecule has 0 aliphatic rings. The van der Waals surface area contributed by atoms with Gasteiger partial charge in [-0.2, -0.15) is 0 Å². The van der Waals surface area contributed by atoms with Crippen molar-refractivity contribution in [3.63, 3.8) is 0 Å². The summed E-state index contributed by atoms with van der Waals surface area (Å²) in [6, 6.07) is 0. The third-order valence-corrected chi connectivity index (χ3v) is 0. The van der Waals surface area contributed by atoms with E-state index < -0.39 is 15.4 Å². The molecule has 0 aromatic heterocycles. The molecule has 0 saturated heterocycles. The van der Waals surface area contributed by atoms with Crippen LogP contribution in [0.15, 0.2) is 0 Å². The van der Waals surface area contributed by atoms with Gasteiger partial charge in [0, 0.05) is 0 Å². The molecule has 0 saturated carbocycles. The summed E-state index contributed by atoms with van der Waals surface area (Å²) >= 11 is 1.19. The molecule has 3 nitrogen and oxygen atoms in total. The summed E-state index contributed by atoms with van der Waals surface area (Å²) < 4.78 is 24.4. The van der Waals surface area contributed by atoms with Gasteiger partial charge < -0.3 is 0 Å². The zero-order chi connectivity index (χ0) is 5.58. The fraction of sp³-hybridized carbons (Fsp3) is 0. The summed E-state index contributed by atoms with van der Waals surface area (Å²) in [5.74, 6) is 0. The standard InChI is InChI=1S/Ag.Bi.HI.H2O.2O.V.3H/h;;1H;1H2;;;;;;/q+1;;;;;;+1;;;/p-2. The van der Waals surface area contributed by atoms with Crippen molar-refractivity contribution in [2.75, 3.05) is 0 Å². The molecule has 7 heteroatoms. The predicted octanol–water partition coefficient (Wildman–Crippen LogP) is -1.10. The maximum atomic E-state index is 8.67. The molecule has 0 aliphatic heterocycles. The molecule has 0 fully saturated rings. The second-order valence-corrected chi connectivity index (χ2v) is 0.981. The molecular weight excluding hydrogens is 543 g/mol. The van der Waals surface area contributed by atoms with E-state index in [9.17, 15) is 0 Å². The molecule has 0 heterocycles. The quantitative estimate of drug-likeness (QED) is 0.310. The Kier molecular flexibility index (Phi) is 36.7. The van der Waals surface area contributed by atoms with E-state index >= 15 is 0 Å². The van der Waals surface area contributed by atoms with E-state index in [1.165, 1.54) is 0 Å². The Hall–Kier alpha value is 2.50. The van der Waals surface area contributed by atoms with Gasteiger partial charge >= 0.3 is 89.3 Å². The Bertz CT molecular complexity index is 63.3. The minimum atomic E-state index is -3.69. The molecule has 0 aromatic rings. The first-order valence-electron chi connectivity index (χ1n) is 0.679. The van der Waals surface area contributed by atoms with Crippen LogP contribution in [0.1, 0.15) is 0 Å². The van der Waals surface area contributed by atoms with Crippen LogP contribution in [0.4, 0.5) is 0 Å². The van der Waals surface area contributed by atoms with Gasteiger partial charge in [0.15, 0.2) is 0 Å². The van der Waals surface area contributed by atoms with Gasteiger partial charge in [-0.25, -0.2) is 0 Å². The average Bonchev–Trinajstić information content (AvgIpc) is 1.41. The Morgan fingerprint density at radius 1 is 1.43 bits per heavy atom. The van der Waals surface area contributed by atoms with E-state index in [4.69, 9.17) is 11.4 Å².